The van der Waals surface area contributed by atoms with Gasteiger partial charge in [0.1, 0.15) is 6.04 Å². The number of esters is 1. The highest BCUT2D eigenvalue weighted by molar-refractivity contribution is 5.93. The van der Waals surface area contributed by atoms with Crippen molar-refractivity contribution in [1.82, 2.24) is 4.90 Å². The van der Waals surface area contributed by atoms with E-state index in [1.807, 2.05) is 6.92 Å². The lowest BCUT2D eigenvalue weighted by atomic mass is 9.74. The van der Waals surface area contributed by atoms with E-state index in [1.165, 1.54) is 17.0 Å². The second-order valence-electron chi connectivity index (χ2n) is 7.10. The van der Waals surface area contributed by atoms with Crippen LogP contribution in [-0.4, -0.2) is 35.6 Å². The third-order valence-electron chi connectivity index (χ3n) is 5.25. The fraction of sp³-hybridized carbons (Fsp3) is 0.579. The maximum absolute atomic E-state index is 12.9. The molecule has 1 aromatic carbocycles. The highest BCUT2D eigenvalue weighted by atomic mass is 19.4. The van der Waals surface area contributed by atoms with Crippen LogP contribution in [0.1, 0.15) is 44.6 Å². The minimum atomic E-state index is -4.49. The Morgan fingerprint density at radius 3 is 2.56 bits per heavy atom. The molecular formula is C19H23F3N2O3. The molecule has 1 saturated carbocycles. The second kappa shape index (κ2) is 7.78. The third-order valence-corrected chi connectivity index (χ3v) is 5.25. The topological polar surface area (TPSA) is 58.6 Å². The predicted molar refractivity (Wildman–Crippen MR) is 93.1 cm³/mol. The van der Waals surface area contributed by atoms with Gasteiger partial charge in [-0.2, -0.15) is 13.2 Å². The minimum Gasteiger partial charge on any atom is -0.464 e. The average molecular weight is 384 g/mol. The largest absolute Gasteiger partial charge is 0.464 e. The molecule has 3 aliphatic rings. The number of ether oxygens (including phenoxy) is 1. The Hall–Kier alpha value is -2.25. The van der Waals surface area contributed by atoms with Crippen molar-refractivity contribution < 1.29 is 27.5 Å². The van der Waals surface area contributed by atoms with Gasteiger partial charge in [0.2, 0.25) is 0 Å². The van der Waals surface area contributed by atoms with E-state index in [1.54, 1.807) is 0 Å². The number of hydrogen-bond donors (Lipinski definition) is 1. The van der Waals surface area contributed by atoms with Crippen LogP contribution >= 0.6 is 0 Å². The average Bonchev–Trinajstić information content (AvgIpc) is 2.65. The van der Waals surface area contributed by atoms with Crippen LogP contribution in [0.3, 0.4) is 0 Å². The van der Waals surface area contributed by atoms with Gasteiger partial charge in [0, 0.05) is 11.7 Å². The summed E-state index contributed by atoms with van der Waals surface area (Å²) in [7, 11) is 0. The van der Waals surface area contributed by atoms with Gasteiger partial charge in [0.05, 0.1) is 12.2 Å². The molecule has 0 radical (unpaired) electrons. The quantitative estimate of drug-likeness (QED) is 0.781. The van der Waals surface area contributed by atoms with Crippen molar-refractivity contribution in [2.45, 2.75) is 57.3 Å². The Bertz CT molecular complexity index is 700. The molecule has 2 amide bonds. The lowest BCUT2D eigenvalue weighted by Gasteiger charge is -2.49. The molecule has 27 heavy (non-hydrogen) atoms. The molecule has 4 rings (SSSR count). The summed E-state index contributed by atoms with van der Waals surface area (Å²) in [6.45, 7) is 2.17. The number of nitrogens with zero attached hydrogens (tertiary/aromatic N) is 1. The summed E-state index contributed by atoms with van der Waals surface area (Å²) in [4.78, 5) is 26.8. The summed E-state index contributed by atoms with van der Waals surface area (Å²) in [5.41, 5.74) is -0.781. The molecular weight excluding hydrogens is 361 g/mol. The van der Waals surface area contributed by atoms with Crippen LogP contribution in [0.25, 0.3) is 0 Å². The molecule has 5 nitrogen and oxygen atoms in total. The minimum absolute atomic E-state index is 0.0339. The summed E-state index contributed by atoms with van der Waals surface area (Å²) < 4.78 is 43.9. The molecule has 1 N–H and O–H groups in total. The summed E-state index contributed by atoms with van der Waals surface area (Å²) >= 11 is 0. The number of hydrogen-bond acceptors (Lipinski definition) is 3. The third kappa shape index (κ3) is 4.20. The first-order valence-corrected chi connectivity index (χ1v) is 9.24. The Balaban J connectivity index is 1.78. The smallest absolute Gasteiger partial charge is 0.416 e. The molecule has 0 aromatic heterocycles. The van der Waals surface area contributed by atoms with Crippen LogP contribution in [0.2, 0.25) is 0 Å². The van der Waals surface area contributed by atoms with Gasteiger partial charge >= 0.3 is 18.2 Å². The zero-order valence-corrected chi connectivity index (χ0v) is 15.1. The summed E-state index contributed by atoms with van der Waals surface area (Å²) in [5.74, 6) is -0.392. The zero-order valence-electron chi connectivity index (χ0n) is 15.1. The van der Waals surface area contributed by atoms with Crippen LogP contribution in [-0.2, 0) is 15.7 Å². The normalized spacial score (nSPS) is 24.6. The molecule has 2 heterocycles. The number of nitrogens with one attached hydrogen (secondary N) is 1. The van der Waals surface area contributed by atoms with Gasteiger partial charge in [0.15, 0.2) is 0 Å². The summed E-state index contributed by atoms with van der Waals surface area (Å²) in [6.07, 6.45) is -0.523. The SMILES string of the molecule is CCCOC(=O)C1C2CCC(CC2)N1C(=O)Nc1cccc(C(F)(F)F)c1. The van der Waals surface area contributed by atoms with Gasteiger partial charge in [-0.1, -0.05) is 13.0 Å². The number of carbonyl (C=O) groups is 2. The van der Waals surface area contributed by atoms with E-state index in [4.69, 9.17) is 4.74 Å². The van der Waals surface area contributed by atoms with Crippen molar-refractivity contribution >= 4 is 17.7 Å². The van der Waals surface area contributed by atoms with E-state index in [-0.39, 0.29) is 24.3 Å². The lowest BCUT2D eigenvalue weighted by Crippen LogP contribution is -2.61. The zero-order chi connectivity index (χ0) is 19.6. The van der Waals surface area contributed by atoms with Gasteiger partial charge < -0.3 is 15.0 Å². The van der Waals surface area contributed by atoms with E-state index < -0.39 is 29.8 Å². The predicted octanol–water partition coefficient (Wildman–Crippen LogP) is 4.43. The number of alkyl halides is 3. The van der Waals surface area contributed by atoms with E-state index in [2.05, 4.69) is 5.32 Å². The Morgan fingerprint density at radius 1 is 1.22 bits per heavy atom. The Morgan fingerprint density at radius 2 is 1.93 bits per heavy atom. The van der Waals surface area contributed by atoms with Crippen LogP contribution in [0, 0.1) is 5.92 Å². The van der Waals surface area contributed by atoms with Crippen LogP contribution < -0.4 is 5.32 Å². The second-order valence-corrected chi connectivity index (χ2v) is 7.10. The van der Waals surface area contributed by atoms with Crippen molar-refractivity contribution in [1.29, 1.82) is 0 Å². The number of benzene rings is 1. The monoisotopic (exact) mass is 384 g/mol. The fourth-order valence-electron chi connectivity index (χ4n) is 4.00. The number of amides is 2. The maximum Gasteiger partial charge on any atom is 0.416 e. The first-order chi connectivity index (χ1) is 12.8. The van der Waals surface area contributed by atoms with E-state index >= 15 is 0 Å². The van der Waals surface area contributed by atoms with E-state index in [9.17, 15) is 22.8 Å². The highest BCUT2D eigenvalue weighted by Crippen LogP contribution is 2.40. The van der Waals surface area contributed by atoms with Crippen LogP contribution in [0.15, 0.2) is 24.3 Å². The summed E-state index contributed by atoms with van der Waals surface area (Å²) in [6, 6.07) is 3.17. The van der Waals surface area contributed by atoms with Crippen molar-refractivity contribution in [2.24, 2.45) is 5.92 Å². The molecule has 1 atom stereocenters. The molecule has 8 heteroatoms. The Kier molecular flexibility index (Phi) is 5.62. The number of halogens is 3. The molecule has 1 aliphatic carbocycles. The maximum atomic E-state index is 12.9. The number of fused-ring (bicyclic) bond motifs is 3. The van der Waals surface area contributed by atoms with Gasteiger partial charge in [0.25, 0.3) is 0 Å². The van der Waals surface area contributed by atoms with Crippen molar-refractivity contribution in [3.63, 3.8) is 0 Å². The van der Waals surface area contributed by atoms with Crippen molar-refractivity contribution in [3.8, 4) is 0 Å². The number of carbonyl (C=O) groups excluding carboxylic acids is 2. The molecule has 1 unspecified atom stereocenters. The first-order valence-electron chi connectivity index (χ1n) is 9.24. The van der Waals surface area contributed by atoms with E-state index in [0.29, 0.717) is 6.42 Å². The highest BCUT2D eigenvalue weighted by Gasteiger charge is 2.48. The van der Waals surface area contributed by atoms with Crippen molar-refractivity contribution in [3.05, 3.63) is 29.8 Å². The van der Waals surface area contributed by atoms with Gasteiger partial charge in [-0.05, 0) is 56.2 Å². The number of anilines is 1. The first kappa shape index (κ1) is 19.5. The Labute approximate surface area is 155 Å². The summed E-state index contributed by atoms with van der Waals surface area (Å²) in [5, 5.41) is 2.53. The molecule has 3 fully saturated rings. The lowest BCUT2D eigenvalue weighted by molar-refractivity contribution is -0.156. The molecule has 0 spiro atoms. The molecule has 1 aromatic rings. The van der Waals surface area contributed by atoms with Crippen LogP contribution in [0.4, 0.5) is 23.7 Å². The standard InChI is InChI=1S/C19H23F3N2O3/c1-2-10-27-17(25)16-12-6-8-15(9-7-12)24(16)18(26)23-14-5-3-4-13(11-14)19(20,21)22/h3-5,11-12,15-16H,2,6-10H2,1H3,(H,23,26). The molecule has 2 saturated heterocycles. The molecule has 2 aliphatic heterocycles. The van der Waals surface area contributed by atoms with Gasteiger partial charge in [-0.3, -0.25) is 0 Å². The van der Waals surface area contributed by atoms with Crippen LogP contribution in [0.5, 0.6) is 0 Å². The van der Waals surface area contributed by atoms with Crippen molar-refractivity contribution in [2.75, 3.05) is 11.9 Å². The molecule has 2 bridgehead atoms. The number of rotatable bonds is 4. The number of urea groups is 1. The number of piperidine rings is 2. The van der Waals surface area contributed by atoms with Gasteiger partial charge in [-0.25, -0.2) is 9.59 Å². The fourth-order valence-corrected chi connectivity index (χ4v) is 4.00. The molecule has 148 valence electrons. The van der Waals surface area contributed by atoms with Gasteiger partial charge in [-0.15, -0.1) is 0 Å². The van der Waals surface area contributed by atoms with E-state index in [0.717, 1.165) is 37.8 Å².